The number of carbonyl (C=O) groups excluding carboxylic acids is 1. The van der Waals surface area contributed by atoms with Crippen molar-refractivity contribution in [2.75, 3.05) is 13.7 Å². The van der Waals surface area contributed by atoms with Crippen molar-refractivity contribution in [2.24, 2.45) is 0 Å². The molecule has 0 fully saturated rings. The zero-order valence-corrected chi connectivity index (χ0v) is 11.6. The van der Waals surface area contributed by atoms with Gasteiger partial charge in [-0.25, -0.2) is 0 Å². The number of carbonyl (C=O) groups is 1. The highest BCUT2D eigenvalue weighted by atomic mass is 35.5. The summed E-state index contributed by atoms with van der Waals surface area (Å²) < 4.78 is 10.6. The summed E-state index contributed by atoms with van der Waals surface area (Å²) in [5.41, 5.74) is 0.931. The van der Waals surface area contributed by atoms with Gasteiger partial charge in [-0.2, -0.15) is 0 Å². The molecule has 0 spiro atoms. The number of nitrogens with one attached hydrogen (secondary N) is 1. The molecule has 1 amide bonds. The minimum absolute atomic E-state index is 0.190. The van der Waals surface area contributed by atoms with Gasteiger partial charge in [0, 0.05) is 6.54 Å². The SMILES string of the molecule is CCOc1ccc(CNC(=O)C(C)Cl)cc1OC. The normalized spacial score (nSPS) is 11.8. The molecule has 0 saturated carbocycles. The molecule has 0 heterocycles. The van der Waals surface area contributed by atoms with E-state index in [1.165, 1.54) is 0 Å². The minimum atomic E-state index is -0.533. The summed E-state index contributed by atoms with van der Waals surface area (Å²) in [4.78, 5) is 11.3. The van der Waals surface area contributed by atoms with Gasteiger partial charge >= 0.3 is 0 Å². The lowest BCUT2D eigenvalue weighted by atomic mass is 10.2. The van der Waals surface area contributed by atoms with Crippen molar-refractivity contribution in [3.05, 3.63) is 23.8 Å². The molecule has 0 saturated heterocycles. The fraction of sp³-hybridized carbons (Fsp3) is 0.462. The lowest BCUT2D eigenvalue weighted by Gasteiger charge is -2.12. The zero-order valence-electron chi connectivity index (χ0n) is 10.8. The Morgan fingerprint density at radius 3 is 2.72 bits per heavy atom. The van der Waals surface area contributed by atoms with Crippen LogP contribution in [0.2, 0.25) is 0 Å². The van der Waals surface area contributed by atoms with Crippen molar-refractivity contribution < 1.29 is 14.3 Å². The van der Waals surface area contributed by atoms with Crippen molar-refractivity contribution >= 4 is 17.5 Å². The first-order valence-electron chi connectivity index (χ1n) is 5.80. The molecular weight excluding hydrogens is 254 g/mol. The second kappa shape index (κ2) is 7.11. The topological polar surface area (TPSA) is 47.6 Å². The highest BCUT2D eigenvalue weighted by Crippen LogP contribution is 2.27. The third-order valence-corrected chi connectivity index (χ3v) is 2.55. The van der Waals surface area contributed by atoms with Crippen molar-refractivity contribution in [2.45, 2.75) is 25.8 Å². The quantitative estimate of drug-likeness (QED) is 0.808. The van der Waals surface area contributed by atoms with Crippen molar-refractivity contribution in [3.63, 3.8) is 0 Å². The van der Waals surface area contributed by atoms with Crippen LogP contribution in [0.3, 0.4) is 0 Å². The fourth-order valence-electron chi connectivity index (χ4n) is 1.43. The Morgan fingerprint density at radius 1 is 1.44 bits per heavy atom. The highest BCUT2D eigenvalue weighted by Gasteiger charge is 2.09. The van der Waals surface area contributed by atoms with Gasteiger partial charge in [0.2, 0.25) is 5.91 Å². The number of hydrogen-bond donors (Lipinski definition) is 1. The Bertz CT molecular complexity index is 407. The van der Waals surface area contributed by atoms with Crippen LogP contribution in [-0.4, -0.2) is 25.0 Å². The smallest absolute Gasteiger partial charge is 0.238 e. The second-order valence-electron chi connectivity index (χ2n) is 3.75. The highest BCUT2D eigenvalue weighted by molar-refractivity contribution is 6.30. The van der Waals surface area contributed by atoms with Crippen molar-refractivity contribution in [1.82, 2.24) is 5.32 Å². The number of alkyl halides is 1. The molecule has 1 unspecified atom stereocenters. The van der Waals surface area contributed by atoms with Crippen LogP contribution in [0.25, 0.3) is 0 Å². The molecule has 0 aliphatic carbocycles. The number of ether oxygens (including phenoxy) is 2. The average Bonchev–Trinajstić information content (AvgIpc) is 2.37. The summed E-state index contributed by atoms with van der Waals surface area (Å²) in [5.74, 6) is 1.16. The van der Waals surface area contributed by atoms with E-state index >= 15 is 0 Å². The van der Waals surface area contributed by atoms with Gasteiger partial charge in [0.05, 0.1) is 13.7 Å². The van der Waals surface area contributed by atoms with E-state index in [2.05, 4.69) is 5.32 Å². The lowest BCUT2D eigenvalue weighted by molar-refractivity contribution is -0.120. The number of rotatable bonds is 6. The van der Waals surface area contributed by atoms with Gasteiger partial charge < -0.3 is 14.8 Å². The maximum absolute atomic E-state index is 11.3. The Labute approximate surface area is 112 Å². The summed E-state index contributed by atoms with van der Waals surface area (Å²) in [5, 5.41) is 2.20. The molecule has 1 rings (SSSR count). The molecule has 18 heavy (non-hydrogen) atoms. The molecule has 1 N–H and O–H groups in total. The van der Waals surface area contributed by atoms with E-state index in [1.54, 1.807) is 14.0 Å². The second-order valence-corrected chi connectivity index (χ2v) is 4.41. The van der Waals surface area contributed by atoms with E-state index in [0.717, 1.165) is 5.56 Å². The standard InChI is InChI=1S/C13H18ClNO3/c1-4-18-11-6-5-10(7-12(11)17-3)8-15-13(16)9(2)14/h5-7,9H,4,8H2,1-3H3,(H,15,16). The number of halogens is 1. The van der Waals surface area contributed by atoms with Crippen LogP contribution in [-0.2, 0) is 11.3 Å². The molecule has 0 aromatic heterocycles. The molecule has 0 aliphatic rings. The maximum Gasteiger partial charge on any atom is 0.238 e. The molecule has 0 aliphatic heterocycles. The van der Waals surface area contributed by atoms with Gasteiger partial charge in [0.15, 0.2) is 11.5 Å². The largest absolute Gasteiger partial charge is 0.493 e. The van der Waals surface area contributed by atoms with Crippen molar-refractivity contribution in [1.29, 1.82) is 0 Å². The molecule has 1 atom stereocenters. The summed E-state index contributed by atoms with van der Waals surface area (Å²) in [6.07, 6.45) is 0. The Balaban J connectivity index is 2.70. The van der Waals surface area contributed by atoms with Gasteiger partial charge in [-0.15, -0.1) is 11.6 Å². The van der Waals surface area contributed by atoms with E-state index in [9.17, 15) is 4.79 Å². The zero-order chi connectivity index (χ0) is 13.5. The molecule has 1 aromatic rings. The third-order valence-electron chi connectivity index (χ3n) is 2.36. The predicted octanol–water partition coefficient (Wildman–Crippen LogP) is 2.34. The van der Waals surface area contributed by atoms with Crippen LogP contribution in [0.4, 0.5) is 0 Å². The molecule has 1 aromatic carbocycles. The molecule has 0 radical (unpaired) electrons. The third kappa shape index (κ3) is 4.11. The molecular formula is C13H18ClNO3. The van der Waals surface area contributed by atoms with E-state index in [1.807, 2.05) is 25.1 Å². The van der Waals surface area contributed by atoms with Gasteiger partial charge in [-0.1, -0.05) is 6.07 Å². The lowest BCUT2D eigenvalue weighted by Crippen LogP contribution is -2.29. The van der Waals surface area contributed by atoms with Gasteiger partial charge in [-0.3, -0.25) is 4.79 Å². The van der Waals surface area contributed by atoms with Crippen LogP contribution in [0.1, 0.15) is 19.4 Å². The van der Waals surface area contributed by atoms with Crippen LogP contribution in [0, 0.1) is 0 Å². The average molecular weight is 272 g/mol. The van der Waals surface area contributed by atoms with Crippen LogP contribution >= 0.6 is 11.6 Å². The summed E-state index contributed by atoms with van der Waals surface area (Å²) in [6.45, 7) is 4.54. The maximum atomic E-state index is 11.3. The van der Waals surface area contributed by atoms with Gasteiger partial charge in [-0.05, 0) is 31.5 Å². The van der Waals surface area contributed by atoms with E-state index in [0.29, 0.717) is 24.7 Å². The summed E-state index contributed by atoms with van der Waals surface area (Å²) in [6, 6.07) is 5.55. The van der Waals surface area contributed by atoms with Crippen molar-refractivity contribution in [3.8, 4) is 11.5 Å². The fourth-order valence-corrected chi connectivity index (χ4v) is 1.50. The predicted molar refractivity (Wildman–Crippen MR) is 71.3 cm³/mol. The Morgan fingerprint density at radius 2 is 2.17 bits per heavy atom. The molecule has 0 bridgehead atoms. The van der Waals surface area contributed by atoms with Crippen LogP contribution in [0.5, 0.6) is 11.5 Å². The number of amides is 1. The Hall–Kier alpha value is -1.42. The number of hydrogen-bond acceptors (Lipinski definition) is 3. The summed E-state index contributed by atoms with van der Waals surface area (Å²) in [7, 11) is 1.58. The first kappa shape index (κ1) is 14.6. The molecule has 5 heteroatoms. The van der Waals surface area contributed by atoms with E-state index in [-0.39, 0.29) is 5.91 Å². The summed E-state index contributed by atoms with van der Waals surface area (Å²) >= 11 is 5.66. The molecule has 100 valence electrons. The monoisotopic (exact) mass is 271 g/mol. The van der Waals surface area contributed by atoms with Crippen LogP contribution in [0.15, 0.2) is 18.2 Å². The Kier molecular flexibility index (Phi) is 5.78. The number of benzene rings is 1. The first-order valence-corrected chi connectivity index (χ1v) is 6.23. The van der Waals surface area contributed by atoms with Gasteiger partial charge in [0.25, 0.3) is 0 Å². The van der Waals surface area contributed by atoms with E-state index in [4.69, 9.17) is 21.1 Å². The molecule has 4 nitrogen and oxygen atoms in total. The number of methoxy groups -OCH3 is 1. The van der Waals surface area contributed by atoms with Crippen LogP contribution < -0.4 is 14.8 Å². The van der Waals surface area contributed by atoms with Gasteiger partial charge in [0.1, 0.15) is 5.38 Å². The van der Waals surface area contributed by atoms with E-state index < -0.39 is 5.38 Å². The minimum Gasteiger partial charge on any atom is -0.493 e. The first-order chi connectivity index (χ1) is 8.58.